The first-order chi connectivity index (χ1) is 7.36. The van der Waals surface area contributed by atoms with Gasteiger partial charge in [0, 0.05) is 6.04 Å². The third-order valence-electron chi connectivity index (χ3n) is 3.73. The van der Waals surface area contributed by atoms with E-state index in [0.717, 1.165) is 5.92 Å². The van der Waals surface area contributed by atoms with Gasteiger partial charge >= 0.3 is 0 Å². The van der Waals surface area contributed by atoms with Crippen molar-refractivity contribution in [1.82, 2.24) is 0 Å². The van der Waals surface area contributed by atoms with Gasteiger partial charge in [-0.25, -0.2) is 0 Å². The summed E-state index contributed by atoms with van der Waals surface area (Å²) in [6.07, 6.45) is 11.7. The van der Waals surface area contributed by atoms with Gasteiger partial charge in [-0.15, -0.1) is 0 Å². The summed E-state index contributed by atoms with van der Waals surface area (Å²) in [4.78, 5) is 0. The first-order valence-corrected chi connectivity index (χ1v) is 7.54. The summed E-state index contributed by atoms with van der Waals surface area (Å²) in [6, 6.07) is 0.374. The van der Waals surface area contributed by atoms with Crippen LogP contribution in [0.15, 0.2) is 11.6 Å². The Labute approximate surface area is 97.9 Å². The molecule has 2 aliphatic rings. The van der Waals surface area contributed by atoms with Gasteiger partial charge in [-0.05, 0) is 62.4 Å². The number of hydrogen-bond acceptors (Lipinski definition) is 2. The van der Waals surface area contributed by atoms with Crippen LogP contribution in [0.1, 0.15) is 44.9 Å². The number of rotatable bonds is 3. The molecule has 0 bridgehead atoms. The molecule has 1 saturated heterocycles. The molecule has 1 atom stereocenters. The topological polar surface area (TPSA) is 26.0 Å². The highest BCUT2D eigenvalue weighted by molar-refractivity contribution is 7.99. The molecule has 0 spiro atoms. The van der Waals surface area contributed by atoms with Crippen LogP contribution in [-0.4, -0.2) is 17.5 Å². The summed E-state index contributed by atoms with van der Waals surface area (Å²) in [7, 11) is 0. The molecule has 1 aliphatic carbocycles. The van der Waals surface area contributed by atoms with Crippen molar-refractivity contribution in [2.75, 3.05) is 11.5 Å². The van der Waals surface area contributed by atoms with Crippen molar-refractivity contribution in [3.63, 3.8) is 0 Å². The van der Waals surface area contributed by atoms with Crippen molar-refractivity contribution in [3.8, 4) is 0 Å². The molecule has 0 saturated carbocycles. The van der Waals surface area contributed by atoms with Gasteiger partial charge in [-0.3, -0.25) is 0 Å². The summed E-state index contributed by atoms with van der Waals surface area (Å²) < 4.78 is 0. The molecule has 2 N–H and O–H groups in total. The monoisotopic (exact) mass is 225 g/mol. The molecular formula is C13H23NS. The summed E-state index contributed by atoms with van der Waals surface area (Å²) in [5, 5.41) is 0. The Hall–Kier alpha value is 0.0500. The van der Waals surface area contributed by atoms with Gasteiger partial charge in [0.1, 0.15) is 0 Å². The van der Waals surface area contributed by atoms with Crippen LogP contribution in [0.25, 0.3) is 0 Å². The minimum absolute atomic E-state index is 0.374. The van der Waals surface area contributed by atoms with Crippen molar-refractivity contribution in [1.29, 1.82) is 0 Å². The highest BCUT2D eigenvalue weighted by atomic mass is 32.2. The fourth-order valence-corrected chi connectivity index (χ4v) is 3.90. The van der Waals surface area contributed by atoms with E-state index in [2.05, 4.69) is 17.8 Å². The van der Waals surface area contributed by atoms with Crippen LogP contribution >= 0.6 is 11.8 Å². The lowest BCUT2D eigenvalue weighted by molar-refractivity contribution is 0.419. The Bertz CT molecular complexity index is 219. The third-order valence-corrected chi connectivity index (χ3v) is 4.78. The second kappa shape index (κ2) is 5.95. The summed E-state index contributed by atoms with van der Waals surface area (Å²) in [5.41, 5.74) is 7.86. The van der Waals surface area contributed by atoms with E-state index in [1.165, 1.54) is 56.5 Å². The van der Waals surface area contributed by atoms with Crippen molar-refractivity contribution in [2.24, 2.45) is 11.7 Å². The molecule has 86 valence electrons. The maximum Gasteiger partial charge on any atom is 0.0256 e. The second-order valence-electron chi connectivity index (χ2n) is 4.92. The zero-order chi connectivity index (χ0) is 10.5. The summed E-state index contributed by atoms with van der Waals surface area (Å²) >= 11 is 2.11. The van der Waals surface area contributed by atoms with E-state index >= 15 is 0 Å². The Morgan fingerprint density at radius 2 is 2.13 bits per heavy atom. The lowest BCUT2D eigenvalue weighted by Crippen LogP contribution is -2.28. The van der Waals surface area contributed by atoms with Crippen LogP contribution in [0.2, 0.25) is 0 Å². The van der Waals surface area contributed by atoms with Crippen molar-refractivity contribution in [3.05, 3.63) is 11.6 Å². The third kappa shape index (κ3) is 3.53. The predicted molar refractivity (Wildman–Crippen MR) is 69.2 cm³/mol. The van der Waals surface area contributed by atoms with Crippen molar-refractivity contribution < 1.29 is 0 Å². The molecule has 0 aromatic heterocycles. The molecule has 1 nitrogen and oxygen atoms in total. The highest BCUT2D eigenvalue weighted by Crippen LogP contribution is 2.29. The van der Waals surface area contributed by atoms with Gasteiger partial charge in [-0.1, -0.05) is 11.6 Å². The SMILES string of the molecule is NC(CC1CCSCC1)C1=CCCCC1. The molecular weight excluding hydrogens is 202 g/mol. The molecule has 2 heteroatoms. The van der Waals surface area contributed by atoms with Crippen LogP contribution in [0, 0.1) is 5.92 Å². The number of nitrogens with two attached hydrogens (primary N) is 1. The van der Waals surface area contributed by atoms with Crippen molar-refractivity contribution in [2.45, 2.75) is 51.0 Å². The van der Waals surface area contributed by atoms with E-state index < -0.39 is 0 Å². The smallest absolute Gasteiger partial charge is 0.0256 e. The number of thioether (sulfide) groups is 1. The fourth-order valence-electron chi connectivity index (χ4n) is 2.69. The van der Waals surface area contributed by atoms with Crippen LogP contribution in [0.4, 0.5) is 0 Å². The zero-order valence-electron chi connectivity index (χ0n) is 9.58. The van der Waals surface area contributed by atoms with Gasteiger partial charge in [-0.2, -0.15) is 11.8 Å². The van der Waals surface area contributed by atoms with E-state index in [0.29, 0.717) is 6.04 Å². The van der Waals surface area contributed by atoms with E-state index in [-0.39, 0.29) is 0 Å². The molecule has 1 heterocycles. The molecule has 1 fully saturated rings. The van der Waals surface area contributed by atoms with Gasteiger partial charge in [0.25, 0.3) is 0 Å². The molecule has 2 rings (SSSR count). The standard InChI is InChI=1S/C13H23NS/c14-13(12-4-2-1-3-5-12)10-11-6-8-15-9-7-11/h4,11,13H,1-3,5-10,14H2. The minimum atomic E-state index is 0.374. The Morgan fingerprint density at radius 1 is 1.33 bits per heavy atom. The predicted octanol–water partition coefficient (Wildman–Crippen LogP) is 3.35. The van der Waals surface area contributed by atoms with Crippen LogP contribution in [-0.2, 0) is 0 Å². The molecule has 1 unspecified atom stereocenters. The summed E-state index contributed by atoms with van der Waals surface area (Å²) in [6.45, 7) is 0. The molecule has 0 aromatic carbocycles. The largest absolute Gasteiger partial charge is 0.324 e. The molecule has 0 radical (unpaired) electrons. The quantitative estimate of drug-likeness (QED) is 0.745. The van der Waals surface area contributed by atoms with Crippen LogP contribution < -0.4 is 5.73 Å². The normalized spacial score (nSPS) is 26.1. The summed E-state index contributed by atoms with van der Waals surface area (Å²) in [5.74, 6) is 3.62. The number of hydrogen-bond donors (Lipinski definition) is 1. The lowest BCUT2D eigenvalue weighted by atomic mass is 9.87. The van der Waals surface area contributed by atoms with E-state index in [1.807, 2.05) is 0 Å². The lowest BCUT2D eigenvalue weighted by Gasteiger charge is -2.26. The first-order valence-electron chi connectivity index (χ1n) is 6.38. The van der Waals surface area contributed by atoms with Gasteiger partial charge in [0.05, 0.1) is 0 Å². The van der Waals surface area contributed by atoms with E-state index in [4.69, 9.17) is 5.73 Å². The zero-order valence-corrected chi connectivity index (χ0v) is 10.4. The van der Waals surface area contributed by atoms with Gasteiger partial charge in [0.15, 0.2) is 0 Å². The van der Waals surface area contributed by atoms with E-state index in [9.17, 15) is 0 Å². The van der Waals surface area contributed by atoms with E-state index in [1.54, 1.807) is 5.57 Å². The average Bonchev–Trinajstić information content (AvgIpc) is 2.31. The van der Waals surface area contributed by atoms with Gasteiger partial charge in [0.2, 0.25) is 0 Å². The second-order valence-corrected chi connectivity index (χ2v) is 6.15. The number of allylic oxidation sites excluding steroid dienone is 1. The maximum absolute atomic E-state index is 6.30. The molecule has 0 aromatic rings. The fraction of sp³-hybridized carbons (Fsp3) is 0.846. The highest BCUT2D eigenvalue weighted by Gasteiger charge is 2.19. The minimum Gasteiger partial charge on any atom is -0.324 e. The van der Waals surface area contributed by atoms with Crippen LogP contribution in [0.5, 0.6) is 0 Å². The Kier molecular flexibility index (Phi) is 4.58. The maximum atomic E-state index is 6.30. The molecule has 15 heavy (non-hydrogen) atoms. The first kappa shape index (κ1) is 11.5. The van der Waals surface area contributed by atoms with Crippen molar-refractivity contribution >= 4 is 11.8 Å². The van der Waals surface area contributed by atoms with Crippen LogP contribution in [0.3, 0.4) is 0 Å². The average molecular weight is 225 g/mol. The molecule has 0 amide bonds. The Balaban J connectivity index is 1.79. The Morgan fingerprint density at radius 3 is 2.80 bits per heavy atom. The van der Waals surface area contributed by atoms with Gasteiger partial charge < -0.3 is 5.73 Å². The molecule has 1 aliphatic heterocycles.